The molecule has 0 unspecified atom stereocenters. The highest BCUT2D eigenvalue weighted by molar-refractivity contribution is 5.80. The van der Waals surface area contributed by atoms with Gasteiger partial charge in [0.25, 0.3) is 0 Å². The maximum Gasteiger partial charge on any atom is 0.246 e. The molecule has 6 heteroatoms. The molecule has 0 atom stereocenters. The highest BCUT2D eigenvalue weighted by atomic mass is 16.5. The summed E-state index contributed by atoms with van der Waals surface area (Å²) in [5.41, 5.74) is 2.16. The number of aryl methyl sites for hydroxylation is 1. The van der Waals surface area contributed by atoms with Crippen molar-refractivity contribution in [1.29, 1.82) is 0 Å². The van der Waals surface area contributed by atoms with E-state index in [1.165, 1.54) is 5.56 Å². The lowest BCUT2D eigenvalue weighted by Crippen LogP contribution is -2.21. The van der Waals surface area contributed by atoms with E-state index < -0.39 is 0 Å². The highest BCUT2D eigenvalue weighted by Crippen LogP contribution is 2.20. The molecule has 0 fully saturated rings. The Bertz CT molecular complexity index is 743. The normalized spacial score (nSPS) is 11.6. The zero-order valence-electron chi connectivity index (χ0n) is 12.5. The van der Waals surface area contributed by atoms with Crippen molar-refractivity contribution in [3.05, 3.63) is 41.8 Å². The molecule has 1 N–H and O–H groups in total. The van der Waals surface area contributed by atoms with Gasteiger partial charge < -0.3 is 14.4 Å². The highest BCUT2D eigenvalue weighted by Gasteiger charge is 2.12. The van der Waals surface area contributed by atoms with Gasteiger partial charge in [0.05, 0.1) is 0 Å². The van der Waals surface area contributed by atoms with Gasteiger partial charge in [0.1, 0.15) is 12.2 Å². The fraction of sp³-hybridized carbons (Fsp3) is 0.400. The van der Waals surface area contributed by atoms with E-state index in [-0.39, 0.29) is 0 Å². The summed E-state index contributed by atoms with van der Waals surface area (Å²) in [4.78, 5) is 8.73. The molecule has 0 aliphatic carbocycles. The van der Waals surface area contributed by atoms with Crippen LogP contribution in [0.15, 0.2) is 29.0 Å². The largest absolute Gasteiger partial charge is 0.337 e. The van der Waals surface area contributed by atoms with Gasteiger partial charge in [-0.05, 0) is 24.6 Å². The van der Waals surface area contributed by atoms with Crippen LogP contribution >= 0.6 is 0 Å². The number of nitrogens with zero attached hydrogens (tertiary/aromatic N) is 4. The zero-order valence-corrected chi connectivity index (χ0v) is 12.5. The van der Waals surface area contributed by atoms with E-state index in [2.05, 4.69) is 51.1 Å². The molecule has 110 valence electrons. The molecule has 0 aliphatic rings. The molecule has 0 aromatic carbocycles. The number of fused-ring (bicyclic) bond motifs is 1. The van der Waals surface area contributed by atoms with Gasteiger partial charge in [-0.3, -0.25) is 0 Å². The fourth-order valence-corrected chi connectivity index (χ4v) is 2.32. The minimum atomic E-state index is 0.443. The number of nitrogens with one attached hydrogen (secondary N) is 1. The lowest BCUT2D eigenvalue weighted by atomic mass is 10.2. The van der Waals surface area contributed by atoms with Crippen molar-refractivity contribution >= 4 is 11.0 Å². The van der Waals surface area contributed by atoms with E-state index in [1.807, 2.05) is 13.0 Å². The molecule has 0 bridgehead atoms. The molecule has 21 heavy (non-hydrogen) atoms. The van der Waals surface area contributed by atoms with Crippen molar-refractivity contribution in [1.82, 2.24) is 25.0 Å². The summed E-state index contributed by atoms with van der Waals surface area (Å²) in [5.74, 6) is 1.24. The first-order valence-electron chi connectivity index (χ1n) is 7.09. The Hall–Kier alpha value is -2.21. The predicted octanol–water partition coefficient (Wildman–Crippen LogP) is 2.27. The lowest BCUT2D eigenvalue weighted by molar-refractivity contribution is 0.369. The summed E-state index contributed by atoms with van der Waals surface area (Å²) in [6.07, 6.45) is 3.91. The lowest BCUT2D eigenvalue weighted by Gasteiger charge is -2.06. The molecule has 0 radical (unpaired) electrons. The minimum absolute atomic E-state index is 0.443. The summed E-state index contributed by atoms with van der Waals surface area (Å²) in [6, 6.07) is 4.50. The number of hydrogen-bond donors (Lipinski definition) is 1. The van der Waals surface area contributed by atoms with Gasteiger partial charge in [-0.2, -0.15) is 4.98 Å². The smallest absolute Gasteiger partial charge is 0.246 e. The van der Waals surface area contributed by atoms with Crippen LogP contribution in [0, 0.1) is 6.92 Å². The van der Waals surface area contributed by atoms with Crippen LogP contribution in [-0.2, 0) is 13.1 Å². The van der Waals surface area contributed by atoms with Gasteiger partial charge in [0.2, 0.25) is 5.89 Å². The minimum Gasteiger partial charge on any atom is -0.337 e. The van der Waals surface area contributed by atoms with E-state index >= 15 is 0 Å². The Balaban J connectivity index is 1.94. The SMILES string of the molecule is Cc1noc(Cn2cc(CNC(C)C)c3cccnc32)n1. The van der Waals surface area contributed by atoms with Crippen LogP contribution in [0.5, 0.6) is 0 Å². The zero-order chi connectivity index (χ0) is 14.8. The van der Waals surface area contributed by atoms with Crippen molar-refractivity contribution in [2.75, 3.05) is 0 Å². The van der Waals surface area contributed by atoms with Crippen LogP contribution in [0.3, 0.4) is 0 Å². The van der Waals surface area contributed by atoms with Gasteiger partial charge in [0.15, 0.2) is 5.82 Å². The fourth-order valence-electron chi connectivity index (χ4n) is 2.32. The monoisotopic (exact) mass is 285 g/mol. The van der Waals surface area contributed by atoms with E-state index in [4.69, 9.17) is 4.52 Å². The molecule has 0 aliphatic heterocycles. The topological polar surface area (TPSA) is 68.8 Å². The summed E-state index contributed by atoms with van der Waals surface area (Å²) < 4.78 is 7.25. The van der Waals surface area contributed by atoms with Crippen molar-refractivity contribution < 1.29 is 4.52 Å². The average Bonchev–Trinajstić information content (AvgIpc) is 3.02. The van der Waals surface area contributed by atoms with Crippen LogP contribution in [0.1, 0.15) is 31.1 Å². The van der Waals surface area contributed by atoms with Crippen LogP contribution in [0.4, 0.5) is 0 Å². The first-order valence-corrected chi connectivity index (χ1v) is 7.09. The van der Waals surface area contributed by atoms with Crippen molar-refractivity contribution in [2.24, 2.45) is 0 Å². The Morgan fingerprint density at radius 2 is 2.24 bits per heavy atom. The van der Waals surface area contributed by atoms with Crippen molar-refractivity contribution in [2.45, 2.75) is 39.9 Å². The standard InChI is InChI=1S/C15H19N5O/c1-10(2)17-7-12-8-20(9-14-18-11(3)19-21-14)15-13(12)5-4-6-16-15/h4-6,8,10,17H,7,9H2,1-3H3. The van der Waals surface area contributed by atoms with E-state index in [9.17, 15) is 0 Å². The van der Waals surface area contributed by atoms with Gasteiger partial charge in [-0.25, -0.2) is 4.98 Å². The van der Waals surface area contributed by atoms with Gasteiger partial charge >= 0.3 is 0 Å². The summed E-state index contributed by atoms with van der Waals surface area (Å²) >= 11 is 0. The molecule has 0 spiro atoms. The summed E-state index contributed by atoms with van der Waals surface area (Å²) in [7, 11) is 0. The Morgan fingerprint density at radius 3 is 2.95 bits per heavy atom. The molecular formula is C15H19N5O. The first kappa shape index (κ1) is 13.8. The van der Waals surface area contributed by atoms with E-state index in [0.29, 0.717) is 24.3 Å². The van der Waals surface area contributed by atoms with Gasteiger partial charge in [-0.15, -0.1) is 0 Å². The third-order valence-corrected chi connectivity index (χ3v) is 3.29. The molecule has 0 saturated carbocycles. The first-order chi connectivity index (χ1) is 10.1. The molecule has 0 amide bonds. The molecular weight excluding hydrogens is 266 g/mol. The van der Waals surface area contributed by atoms with E-state index in [0.717, 1.165) is 17.6 Å². The Kier molecular flexibility index (Phi) is 3.70. The summed E-state index contributed by atoms with van der Waals surface area (Å²) in [5, 5.41) is 8.42. The van der Waals surface area contributed by atoms with Crippen LogP contribution in [0.2, 0.25) is 0 Å². The predicted molar refractivity (Wildman–Crippen MR) is 79.8 cm³/mol. The quantitative estimate of drug-likeness (QED) is 0.779. The van der Waals surface area contributed by atoms with Crippen molar-refractivity contribution in [3.63, 3.8) is 0 Å². The number of aromatic nitrogens is 4. The second kappa shape index (κ2) is 5.65. The van der Waals surface area contributed by atoms with Crippen molar-refractivity contribution in [3.8, 4) is 0 Å². The Labute approximate surface area is 123 Å². The average molecular weight is 285 g/mol. The molecule has 3 aromatic rings. The molecule has 0 saturated heterocycles. The second-order valence-corrected chi connectivity index (χ2v) is 5.43. The second-order valence-electron chi connectivity index (χ2n) is 5.43. The van der Waals surface area contributed by atoms with Crippen LogP contribution < -0.4 is 5.32 Å². The van der Waals surface area contributed by atoms with Crippen LogP contribution in [-0.4, -0.2) is 25.7 Å². The number of pyridine rings is 1. The molecule has 3 aromatic heterocycles. The molecule has 3 heterocycles. The molecule has 6 nitrogen and oxygen atoms in total. The Morgan fingerprint density at radius 1 is 1.38 bits per heavy atom. The number of hydrogen-bond acceptors (Lipinski definition) is 5. The third-order valence-electron chi connectivity index (χ3n) is 3.29. The van der Waals surface area contributed by atoms with Gasteiger partial charge in [-0.1, -0.05) is 19.0 Å². The maximum atomic E-state index is 5.20. The number of rotatable bonds is 5. The van der Waals surface area contributed by atoms with Gasteiger partial charge in [0, 0.05) is 30.4 Å². The third kappa shape index (κ3) is 2.95. The molecule has 3 rings (SSSR count). The maximum absolute atomic E-state index is 5.20. The van der Waals surface area contributed by atoms with Crippen LogP contribution in [0.25, 0.3) is 11.0 Å². The van der Waals surface area contributed by atoms with E-state index in [1.54, 1.807) is 6.20 Å². The summed E-state index contributed by atoms with van der Waals surface area (Å²) in [6.45, 7) is 7.44.